The average Bonchev–Trinajstić information content (AvgIpc) is 3.43. The SMILES string of the molecule is [CH2-]C1[CH-]CC(C2C3CCCCC3C(C3CCC(C4CCCCC4)C3)C3CCCCC32)C2CCCCC12.[K+]. The molecule has 0 amide bonds. The third-order valence-corrected chi connectivity index (χ3v) is 14.3. The third kappa shape index (κ3) is 5.57. The first-order valence-electron chi connectivity index (χ1n) is 17.5. The Labute approximate surface area is 273 Å². The molecule has 0 aromatic heterocycles. The Morgan fingerprint density at radius 2 is 0.892 bits per heavy atom. The molecule has 0 spiro atoms. The molecule has 0 aromatic carbocycles. The van der Waals surface area contributed by atoms with Crippen molar-refractivity contribution in [1.82, 2.24) is 0 Å². The Kier molecular flexibility index (Phi) is 10.0. The summed E-state index contributed by atoms with van der Waals surface area (Å²) in [6, 6.07) is 0. The molecule has 37 heavy (non-hydrogen) atoms. The molecule has 0 radical (unpaired) electrons. The van der Waals surface area contributed by atoms with Gasteiger partial charge in [-0.15, -0.1) is 0 Å². The van der Waals surface area contributed by atoms with Crippen molar-refractivity contribution in [3.63, 3.8) is 0 Å². The minimum absolute atomic E-state index is 0. The Morgan fingerprint density at radius 3 is 1.51 bits per heavy atom. The molecule has 204 valence electrons. The van der Waals surface area contributed by atoms with Crippen LogP contribution >= 0.6 is 0 Å². The molecule has 0 N–H and O–H groups in total. The molecule has 7 saturated carbocycles. The molecular formula is C36H58K-. The van der Waals surface area contributed by atoms with Gasteiger partial charge in [-0.2, -0.15) is 6.42 Å². The van der Waals surface area contributed by atoms with E-state index in [1.54, 1.807) is 103 Å². The molecule has 1 heteroatoms. The van der Waals surface area contributed by atoms with Gasteiger partial charge < -0.3 is 13.3 Å². The van der Waals surface area contributed by atoms with Crippen LogP contribution in [-0.2, 0) is 0 Å². The second-order valence-electron chi connectivity index (χ2n) is 15.5. The minimum atomic E-state index is 0. The van der Waals surface area contributed by atoms with Crippen molar-refractivity contribution in [2.75, 3.05) is 0 Å². The van der Waals surface area contributed by atoms with Gasteiger partial charge in [0.2, 0.25) is 0 Å². The zero-order valence-corrected chi connectivity index (χ0v) is 27.8. The number of hydrogen-bond donors (Lipinski definition) is 0. The van der Waals surface area contributed by atoms with E-state index in [4.69, 9.17) is 0 Å². The van der Waals surface area contributed by atoms with Crippen molar-refractivity contribution >= 4 is 0 Å². The van der Waals surface area contributed by atoms with Gasteiger partial charge in [0.25, 0.3) is 0 Å². The van der Waals surface area contributed by atoms with Crippen molar-refractivity contribution in [2.45, 2.75) is 135 Å². The van der Waals surface area contributed by atoms with Crippen LogP contribution in [-0.4, -0.2) is 0 Å². The summed E-state index contributed by atoms with van der Waals surface area (Å²) in [5.41, 5.74) is 0. The summed E-state index contributed by atoms with van der Waals surface area (Å²) < 4.78 is 0. The van der Waals surface area contributed by atoms with Crippen molar-refractivity contribution in [1.29, 1.82) is 0 Å². The maximum Gasteiger partial charge on any atom is 1.00 e. The first-order valence-corrected chi connectivity index (χ1v) is 17.5. The fraction of sp³-hybridized carbons (Fsp3) is 0.944. The zero-order valence-electron chi connectivity index (χ0n) is 24.6. The summed E-state index contributed by atoms with van der Waals surface area (Å²) in [4.78, 5) is 0. The van der Waals surface area contributed by atoms with Gasteiger partial charge in [-0.3, -0.25) is 5.92 Å². The maximum atomic E-state index is 4.68. The van der Waals surface area contributed by atoms with E-state index in [-0.39, 0.29) is 51.4 Å². The normalized spacial score (nSPS) is 50.8. The maximum absolute atomic E-state index is 4.68. The summed E-state index contributed by atoms with van der Waals surface area (Å²) in [6.45, 7) is 4.68. The quantitative estimate of drug-likeness (QED) is 0.265. The molecule has 7 aliphatic rings. The summed E-state index contributed by atoms with van der Waals surface area (Å²) in [7, 11) is 0. The van der Waals surface area contributed by atoms with Crippen LogP contribution in [0.1, 0.15) is 135 Å². The van der Waals surface area contributed by atoms with Crippen molar-refractivity contribution < 1.29 is 51.4 Å². The molecule has 7 rings (SSSR count). The van der Waals surface area contributed by atoms with E-state index in [0.717, 1.165) is 71.0 Å². The van der Waals surface area contributed by atoms with E-state index in [9.17, 15) is 0 Å². The van der Waals surface area contributed by atoms with Crippen LogP contribution < -0.4 is 51.4 Å². The van der Waals surface area contributed by atoms with Crippen LogP contribution in [0.2, 0.25) is 0 Å². The summed E-state index contributed by atoms with van der Waals surface area (Å²) in [5, 5.41) is 0. The van der Waals surface area contributed by atoms with Gasteiger partial charge in [0.1, 0.15) is 0 Å². The summed E-state index contributed by atoms with van der Waals surface area (Å²) >= 11 is 0. The minimum Gasteiger partial charge on any atom is -0.369 e. The van der Waals surface area contributed by atoms with Gasteiger partial charge in [0.05, 0.1) is 0 Å². The average molecular weight is 530 g/mol. The van der Waals surface area contributed by atoms with Gasteiger partial charge in [-0.25, -0.2) is 0 Å². The zero-order chi connectivity index (χ0) is 24.1. The second-order valence-corrected chi connectivity index (χ2v) is 15.5. The Morgan fingerprint density at radius 1 is 0.405 bits per heavy atom. The smallest absolute Gasteiger partial charge is 0.369 e. The first kappa shape index (κ1) is 28.7. The Bertz CT molecular complexity index is 700. The van der Waals surface area contributed by atoms with Crippen molar-refractivity contribution in [3.8, 4) is 0 Å². The predicted molar refractivity (Wildman–Crippen MR) is 152 cm³/mol. The van der Waals surface area contributed by atoms with E-state index in [2.05, 4.69) is 13.3 Å². The van der Waals surface area contributed by atoms with Gasteiger partial charge in [-0.05, 0) is 104 Å². The Balaban J connectivity index is 0.00000252. The van der Waals surface area contributed by atoms with Gasteiger partial charge in [0, 0.05) is 0 Å². The van der Waals surface area contributed by atoms with Gasteiger partial charge >= 0.3 is 51.4 Å². The van der Waals surface area contributed by atoms with E-state index in [0.29, 0.717) is 5.92 Å². The molecule has 10 unspecified atom stereocenters. The number of rotatable bonds is 3. The van der Waals surface area contributed by atoms with E-state index < -0.39 is 0 Å². The largest absolute Gasteiger partial charge is 1.00 e. The molecule has 0 saturated heterocycles. The molecule has 0 bridgehead atoms. The van der Waals surface area contributed by atoms with E-state index in [1.165, 1.54) is 32.1 Å². The molecular weight excluding hydrogens is 471 g/mol. The fourth-order valence-electron chi connectivity index (χ4n) is 13.1. The first-order chi connectivity index (χ1) is 17.8. The van der Waals surface area contributed by atoms with E-state index >= 15 is 0 Å². The van der Waals surface area contributed by atoms with E-state index in [1.807, 2.05) is 0 Å². The third-order valence-electron chi connectivity index (χ3n) is 14.3. The van der Waals surface area contributed by atoms with Crippen molar-refractivity contribution in [2.24, 2.45) is 76.9 Å². The standard InChI is InChI=1S/C36H58.K/c1-24-19-22-34(29-14-6-5-13-28(24)29)36-32-17-9-7-15-30(32)35(31-16-8-10-18-33(31)36)27-21-20-26(23-27)25-11-3-2-4-12-25;/h19,24-36H,1-18,20-23H2;/q-2;+1. The van der Waals surface area contributed by atoms with Crippen LogP contribution in [0.4, 0.5) is 0 Å². The second kappa shape index (κ2) is 12.9. The molecule has 10 atom stereocenters. The number of hydrogen-bond acceptors (Lipinski definition) is 0. The van der Waals surface area contributed by atoms with Crippen molar-refractivity contribution in [3.05, 3.63) is 13.3 Å². The topological polar surface area (TPSA) is 0 Å². The predicted octanol–water partition coefficient (Wildman–Crippen LogP) is 7.33. The summed E-state index contributed by atoms with van der Waals surface area (Å²) in [6.07, 6.45) is 35.5. The number of fused-ring (bicyclic) bond motifs is 3. The monoisotopic (exact) mass is 529 g/mol. The van der Waals surface area contributed by atoms with Crippen LogP contribution in [0, 0.1) is 90.3 Å². The molecule has 0 nitrogen and oxygen atoms in total. The Hall–Kier alpha value is 1.64. The van der Waals surface area contributed by atoms with Gasteiger partial charge in [0.15, 0.2) is 0 Å². The van der Waals surface area contributed by atoms with Gasteiger partial charge in [-0.1, -0.05) is 95.3 Å². The molecule has 0 aromatic rings. The molecule has 0 aliphatic heterocycles. The molecule has 0 heterocycles. The van der Waals surface area contributed by atoms with Crippen LogP contribution in [0.15, 0.2) is 0 Å². The molecule has 7 fully saturated rings. The van der Waals surface area contributed by atoms with Crippen LogP contribution in [0.25, 0.3) is 0 Å². The fourth-order valence-corrected chi connectivity index (χ4v) is 13.1. The van der Waals surface area contributed by atoms with Crippen LogP contribution in [0.5, 0.6) is 0 Å². The van der Waals surface area contributed by atoms with Crippen LogP contribution in [0.3, 0.4) is 0 Å². The summed E-state index contributed by atoms with van der Waals surface area (Å²) in [5.74, 6) is 13.6. The molecule has 7 aliphatic carbocycles.